The molecule has 3 N–H and O–H groups in total. The summed E-state index contributed by atoms with van der Waals surface area (Å²) in [5.74, 6) is -0.687. The molecule has 0 aliphatic rings. The number of hydrogen-bond acceptors (Lipinski definition) is 3. The predicted molar refractivity (Wildman–Crippen MR) is 70.9 cm³/mol. The summed E-state index contributed by atoms with van der Waals surface area (Å²) in [4.78, 5) is 18.2. The van der Waals surface area contributed by atoms with Crippen molar-refractivity contribution >= 4 is 34.3 Å². The van der Waals surface area contributed by atoms with Crippen molar-refractivity contribution in [1.29, 1.82) is 0 Å². The number of nitrogens with zero attached hydrogens (tertiary/aromatic N) is 1. The summed E-state index contributed by atoms with van der Waals surface area (Å²) >= 11 is 4.77. The van der Waals surface area contributed by atoms with Crippen molar-refractivity contribution in [2.75, 3.05) is 0 Å². The number of aromatic amines is 1. The number of imidazole rings is 1. The summed E-state index contributed by atoms with van der Waals surface area (Å²) in [6, 6.07) is 7.30. The Labute approximate surface area is 108 Å². The Morgan fingerprint density at radius 2 is 2.11 bits per heavy atom. The van der Waals surface area contributed by atoms with Crippen LogP contribution >= 0.6 is 12.2 Å². The van der Waals surface area contributed by atoms with Gasteiger partial charge in [0, 0.05) is 0 Å². The van der Waals surface area contributed by atoms with Crippen LogP contribution in [0.1, 0.15) is 19.2 Å². The molecule has 5 nitrogen and oxygen atoms in total. The molecule has 0 aliphatic carbocycles. The van der Waals surface area contributed by atoms with Gasteiger partial charge in [-0.25, -0.2) is 4.98 Å². The maximum Gasteiger partial charge on any atom is 0.304 e. The molecular weight excluding hydrogens is 252 g/mol. The molecule has 1 aromatic carbocycles. The molecule has 2 rings (SSSR count). The van der Waals surface area contributed by atoms with Crippen LogP contribution in [0.2, 0.25) is 0 Å². The van der Waals surface area contributed by atoms with Gasteiger partial charge in [-0.2, -0.15) is 0 Å². The quantitative estimate of drug-likeness (QED) is 0.737. The second-order valence-electron chi connectivity index (χ2n) is 4.31. The molecule has 94 valence electrons. The zero-order chi connectivity index (χ0) is 13.3. The molecule has 1 heterocycles. The number of fused-ring (bicyclic) bond motifs is 1. The maximum absolute atomic E-state index is 10.9. The molecule has 0 fully saturated rings. The number of rotatable bonds is 4. The van der Waals surface area contributed by atoms with E-state index in [-0.39, 0.29) is 11.5 Å². The number of aliphatic hydroxyl groups is 1. The summed E-state index contributed by atoms with van der Waals surface area (Å²) in [5.41, 5.74) is 0.293. The highest BCUT2D eigenvalue weighted by molar-refractivity contribution is 7.80. The molecule has 0 bridgehead atoms. The molecule has 0 spiro atoms. The normalized spacial score (nSPS) is 14.3. The number of carboxylic acids is 1. The first kappa shape index (κ1) is 12.5. The first-order chi connectivity index (χ1) is 8.43. The first-order valence-corrected chi connectivity index (χ1v) is 5.75. The fourth-order valence-corrected chi connectivity index (χ4v) is 1.95. The molecule has 0 saturated heterocycles. The van der Waals surface area contributed by atoms with Gasteiger partial charge in [-0.05, 0) is 31.3 Å². The topological polar surface area (TPSA) is 86.2 Å². The lowest BCUT2D eigenvalue weighted by Gasteiger charge is -2.22. The number of nitrogens with one attached hydrogen (secondary N) is 1. The minimum Gasteiger partial charge on any atom is -0.501 e. The monoisotopic (exact) mass is 264 g/mol. The number of aliphatic carboxylic acids is 1. The summed E-state index contributed by atoms with van der Waals surface area (Å²) in [6.45, 7) is 1.56. The van der Waals surface area contributed by atoms with E-state index < -0.39 is 11.4 Å². The van der Waals surface area contributed by atoms with E-state index in [1.54, 1.807) is 13.0 Å². The van der Waals surface area contributed by atoms with Crippen LogP contribution in [0.4, 0.5) is 0 Å². The van der Waals surface area contributed by atoms with Gasteiger partial charge in [-0.1, -0.05) is 12.1 Å². The summed E-state index contributed by atoms with van der Waals surface area (Å²) < 4.78 is 0. The molecule has 2 aromatic rings. The molecule has 0 radical (unpaired) electrons. The van der Waals surface area contributed by atoms with Gasteiger partial charge in [0.25, 0.3) is 0 Å². The van der Waals surface area contributed by atoms with Gasteiger partial charge in [-0.3, -0.25) is 4.79 Å². The number of para-hydroxylation sites is 2. The average Bonchev–Trinajstić information content (AvgIpc) is 2.71. The number of carbonyl (C=O) groups is 1. The molecule has 0 amide bonds. The molecule has 0 aliphatic heterocycles. The second-order valence-corrected chi connectivity index (χ2v) is 4.70. The Morgan fingerprint density at radius 3 is 2.67 bits per heavy atom. The van der Waals surface area contributed by atoms with Crippen molar-refractivity contribution < 1.29 is 15.0 Å². The third kappa shape index (κ3) is 2.06. The molecule has 18 heavy (non-hydrogen) atoms. The van der Waals surface area contributed by atoms with Crippen LogP contribution in [0.5, 0.6) is 0 Å². The SMILES string of the molecule is CC(CC(=O)O)(C(O)=S)c1nc2ccccc2[nH]1. The van der Waals surface area contributed by atoms with Crippen molar-refractivity contribution in [2.24, 2.45) is 0 Å². The fourth-order valence-electron chi connectivity index (χ4n) is 1.78. The number of thiocarbonyl (C=S) groups is 1. The number of carboxylic acid groups (broad SMARTS) is 1. The van der Waals surface area contributed by atoms with E-state index in [2.05, 4.69) is 9.97 Å². The fraction of sp³-hybridized carbons (Fsp3) is 0.250. The predicted octanol–water partition coefficient (Wildman–Crippen LogP) is 2.18. The van der Waals surface area contributed by atoms with Crippen LogP contribution in [-0.4, -0.2) is 31.2 Å². The zero-order valence-corrected chi connectivity index (χ0v) is 10.5. The Hall–Kier alpha value is -1.95. The standard InChI is InChI=1S/C12H12N2O3S/c1-12(11(17)18,6-9(15)16)10-13-7-4-2-3-5-8(7)14-10/h2-5H,6H2,1H3,(H,13,14)(H,15,16)(H,17,18). The highest BCUT2D eigenvalue weighted by Gasteiger charge is 2.37. The third-order valence-corrected chi connectivity index (χ3v) is 3.34. The van der Waals surface area contributed by atoms with Gasteiger partial charge in [0.2, 0.25) is 0 Å². The molecule has 0 saturated carbocycles. The van der Waals surface area contributed by atoms with Gasteiger partial charge in [0.1, 0.15) is 11.2 Å². The average molecular weight is 264 g/mol. The van der Waals surface area contributed by atoms with Gasteiger partial charge in [0.15, 0.2) is 5.05 Å². The van der Waals surface area contributed by atoms with Crippen molar-refractivity contribution in [3.63, 3.8) is 0 Å². The Balaban J connectivity index is 2.54. The van der Waals surface area contributed by atoms with Crippen molar-refractivity contribution in [2.45, 2.75) is 18.8 Å². The number of aromatic nitrogens is 2. The van der Waals surface area contributed by atoms with E-state index in [0.717, 1.165) is 5.52 Å². The van der Waals surface area contributed by atoms with E-state index in [9.17, 15) is 9.90 Å². The molecule has 1 aromatic heterocycles. The number of H-pyrrole nitrogens is 1. The van der Waals surface area contributed by atoms with Crippen molar-refractivity contribution in [3.05, 3.63) is 30.1 Å². The van der Waals surface area contributed by atoms with E-state index in [1.165, 1.54) is 0 Å². The lowest BCUT2D eigenvalue weighted by atomic mass is 9.87. The molecular formula is C12H12N2O3S. The second kappa shape index (κ2) is 4.38. The first-order valence-electron chi connectivity index (χ1n) is 5.34. The van der Waals surface area contributed by atoms with Crippen molar-refractivity contribution in [3.8, 4) is 0 Å². The van der Waals surface area contributed by atoms with Crippen LogP contribution in [0.25, 0.3) is 11.0 Å². The lowest BCUT2D eigenvalue weighted by Crippen LogP contribution is -2.35. The van der Waals surface area contributed by atoms with E-state index in [1.807, 2.05) is 18.2 Å². The summed E-state index contributed by atoms with van der Waals surface area (Å²) in [5, 5.41) is 18.1. The Bertz CT molecular complexity index is 590. The van der Waals surface area contributed by atoms with Gasteiger partial charge >= 0.3 is 5.97 Å². The van der Waals surface area contributed by atoms with Crippen LogP contribution in [0.3, 0.4) is 0 Å². The lowest BCUT2D eigenvalue weighted by molar-refractivity contribution is -0.137. The summed E-state index contributed by atoms with van der Waals surface area (Å²) in [6.07, 6.45) is -0.317. The maximum atomic E-state index is 10.9. The van der Waals surface area contributed by atoms with Gasteiger partial charge in [-0.15, -0.1) is 0 Å². The van der Waals surface area contributed by atoms with Crippen LogP contribution in [0.15, 0.2) is 24.3 Å². The van der Waals surface area contributed by atoms with E-state index in [4.69, 9.17) is 17.3 Å². The van der Waals surface area contributed by atoms with Crippen molar-refractivity contribution in [1.82, 2.24) is 9.97 Å². The highest BCUT2D eigenvalue weighted by atomic mass is 32.1. The summed E-state index contributed by atoms with van der Waals surface area (Å²) in [7, 11) is 0. The van der Waals surface area contributed by atoms with E-state index in [0.29, 0.717) is 11.3 Å². The Morgan fingerprint density at radius 1 is 1.44 bits per heavy atom. The number of hydrogen-bond donors (Lipinski definition) is 3. The van der Waals surface area contributed by atoms with E-state index >= 15 is 0 Å². The molecule has 1 atom stereocenters. The minimum atomic E-state index is -1.19. The van der Waals surface area contributed by atoms with Crippen LogP contribution < -0.4 is 0 Å². The number of aliphatic hydroxyl groups excluding tert-OH is 1. The highest BCUT2D eigenvalue weighted by Crippen LogP contribution is 2.28. The van der Waals surface area contributed by atoms with Gasteiger partial charge < -0.3 is 15.2 Å². The third-order valence-electron chi connectivity index (χ3n) is 2.89. The molecule has 1 unspecified atom stereocenters. The Kier molecular flexibility index (Phi) is 3.04. The van der Waals surface area contributed by atoms with Gasteiger partial charge in [0.05, 0.1) is 17.5 Å². The largest absolute Gasteiger partial charge is 0.501 e. The number of benzene rings is 1. The van der Waals surface area contributed by atoms with Crippen LogP contribution in [0, 0.1) is 0 Å². The zero-order valence-electron chi connectivity index (χ0n) is 9.67. The van der Waals surface area contributed by atoms with Crippen LogP contribution in [-0.2, 0) is 10.2 Å². The molecule has 6 heteroatoms. The smallest absolute Gasteiger partial charge is 0.304 e. The minimum absolute atomic E-state index is 0.317.